The third-order valence-corrected chi connectivity index (χ3v) is 10.0. The third kappa shape index (κ3) is 4.33. The highest BCUT2D eigenvalue weighted by atomic mass is 32.2. The predicted molar refractivity (Wildman–Crippen MR) is 135 cm³/mol. The standard InChI is InChI=1S/C26H37NO5S2/c1-15-6-7-21-16(2)22(29-24-26(21)20(15)10-11-25(3,30-24)31-32-26)8-9-23(28)27-17-12-18(33-4)14-19(13-17)34-5/h12-16,20-22,24H,6-11H2,1-5H3,(H,27,28)/t15-,16-,20+,21+,22-,24-,25-,26?/m1/s1. The largest absolute Gasteiger partial charge is 0.346 e. The molecule has 6 rings (SSSR count). The van der Waals surface area contributed by atoms with Gasteiger partial charge in [-0.15, -0.1) is 23.5 Å². The van der Waals surface area contributed by atoms with Crippen molar-refractivity contribution in [1.29, 1.82) is 0 Å². The van der Waals surface area contributed by atoms with Crippen molar-refractivity contribution >= 4 is 35.1 Å². The van der Waals surface area contributed by atoms with Gasteiger partial charge in [0.1, 0.15) is 0 Å². The van der Waals surface area contributed by atoms with Gasteiger partial charge in [-0.25, -0.2) is 9.78 Å². The maximum Gasteiger partial charge on any atom is 0.224 e. The van der Waals surface area contributed by atoms with Gasteiger partial charge in [0.25, 0.3) is 0 Å². The SMILES string of the molecule is CSc1cc(NC(=O)CC[C@H]2O[C@@H]3O[C@@]4(C)CC[C@H]5[C@H](C)CC[C@@H]([C@H]2C)C35OO4)cc(SC)c1. The molecule has 1 N–H and O–H groups in total. The number of hydrogen-bond acceptors (Lipinski definition) is 7. The lowest BCUT2D eigenvalue weighted by Crippen LogP contribution is -2.70. The van der Waals surface area contributed by atoms with Gasteiger partial charge in [0, 0.05) is 34.2 Å². The molecule has 2 bridgehead atoms. The van der Waals surface area contributed by atoms with Gasteiger partial charge in [-0.1, -0.05) is 13.8 Å². The number of amides is 1. The van der Waals surface area contributed by atoms with Crippen molar-refractivity contribution in [2.24, 2.45) is 23.7 Å². The van der Waals surface area contributed by atoms with Crippen LogP contribution >= 0.6 is 23.5 Å². The summed E-state index contributed by atoms with van der Waals surface area (Å²) < 4.78 is 13.1. The highest BCUT2D eigenvalue weighted by molar-refractivity contribution is 7.99. The second-order valence-electron chi connectivity index (χ2n) is 10.6. The number of ether oxygens (including phenoxy) is 2. The molecule has 1 aliphatic carbocycles. The highest BCUT2D eigenvalue weighted by Crippen LogP contribution is 2.60. The van der Waals surface area contributed by atoms with Gasteiger partial charge >= 0.3 is 0 Å². The maximum absolute atomic E-state index is 12.9. The van der Waals surface area contributed by atoms with Crippen LogP contribution in [0, 0.1) is 23.7 Å². The summed E-state index contributed by atoms with van der Waals surface area (Å²) in [6.07, 6.45) is 8.77. The summed E-state index contributed by atoms with van der Waals surface area (Å²) >= 11 is 3.36. The molecular formula is C26H37NO5S2. The maximum atomic E-state index is 12.9. The molecule has 1 saturated carbocycles. The Bertz CT molecular complexity index is 908. The Kier molecular flexibility index (Phi) is 7.03. The summed E-state index contributed by atoms with van der Waals surface area (Å²) in [6, 6.07) is 6.20. The van der Waals surface area contributed by atoms with E-state index in [1.54, 1.807) is 23.5 Å². The summed E-state index contributed by atoms with van der Waals surface area (Å²) in [5, 5.41) is 3.10. The van der Waals surface area contributed by atoms with E-state index in [1.807, 2.05) is 31.6 Å². The molecule has 34 heavy (non-hydrogen) atoms. The van der Waals surface area contributed by atoms with E-state index in [9.17, 15) is 4.79 Å². The fraction of sp³-hybridized carbons (Fsp3) is 0.731. The summed E-state index contributed by atoms with van der Waals surface area (Å²) in [5.74, 6) is 0.722. The zero-order valence-corrected chi connectivity index (χ0v) is 22.4. The first-order chi connectivity index (χ1) is 16.3. The Hall–Kier alpha value is -0.770. The normalized spacial score (nSPS) is 41.0. The lowest BCUT2D eigenvalue weighted by atomic mass is 9.57. The number of benzene rings is 1. The molecule has 5 fully saturated rings. The monoisotopic (exact) mass is 507 g/mol. The van der Waals surface area contributed by atoms with E-state index in [0.717, 1.165) is 34.7 Å². The van der Waals surface area contributed by atoms with Crippen molar-refractivity contribution in [2.75, 3.05) is 17.8 Å². The number of carbonyl (C=O) groups excluding carboxylic acids is 1. The van der Waals surface area contributed by atoms with E-state index in [0.29, 0.717) is 30.6 Å². The summed E-state index contributed by atoms with van der Waals surface area (Å²) in [4.78, 5) is 27.3. The van der Waals surface area contributed by atoms with Gasteiger partial charge in [-0.2, -0.15) is 0 Å². The fourth-order valence-corrected chi connectivity index (χ4v) is 7.74. The topological polar surface area (TPSA) is 66.0 Å². The lowest BCUT2D eigenvalue weighted by Gasteiger charge is -2.60. The molecule has 1 aromatic carbocycles. The van der Waals surface area contributed by atoms with Crippen LogP contribution in [0.15, 0.2) is 28.0 Å². The minimum Gasteiger partial charge on any atom is -0.346 e. The molecule has 4 saturated heterocycles. The van der Waals surface area contributed by atoms with Crippen molar-refractivity contribution in [3.8, 4) is 0 Å². The van der Waals surface area contributed by atoms with E-state index in [1.165, 1.54) is 6.42 Å². The van der Waals surface area contributed by atoms with Crippen molar-refractivity contribution in [3.63, 3.8) is 0 Å². The van der Waals surface area contributed by atoms with Crippen LogP contribution in [0.2, 0.25) is 0 Å². The molecule has 188 valence electrons. The van der Waals surface area contributed by atoms with Gasteiger partial charge in [-0.3, -0.25) is 4.79 Å². The van der Waals surface area contributed by atoms with E-state index in [-0.39, 0.29) is 17.9 Å². The Morgan fingerprint density at radius 3 is 2.50 bits per heavy atom. The molecule has 0 aromatic heterocycles. The molecule has 4 aliphatic heterocycles. The average molecular weight is 508 g/mol. The number of rotatable bonds is 6. The Morgan fingerprint density at radius 1 is 1.06 bits per heavy atom. The van der Waals surface area contributed by atoms with Crippen molar-refractivity contribution in [1.82, 2.24) is 0 Å². The Labute approximate surface area is 211 Å². The van der Waals surface area contributed by atoms with Crippen LogP contribution in [0.1, 0.15) is 59.3 Å². The highest BCUT2D eigenvalue weighted by Gasteiger charge is 2.69. The molecule has 1 unspecified atom stereocenters. The van der Waals surface area contributed by atoms with E-state index >= 15 is 0 Å². The molecule has 8 atom stereocenters. The number of hydrogen-bond donors (Lipinski definition) is 1. The quantitative estimate of drug-likeness (QED) is 0.369. The second-order valence-corrected chi connectivity index (χ2v) is 12.4. The van der Waals surface area contributed by atoms with Crippen LogP contribution in [0.25, 0.3) is 0 Å². The van der Waals surface area contributed by atoms with Gasteiger partial charge < -0.3 is 14.8 Å². The number of thioether (sulfide) groups is 2. The van der Waals surface area contributed by atoms with Crippen LogP contribution in [0.5, 0.6) is 0 Å². The number of carbonyl (C=O) groups is 1. The first-order valence-electron chi connectivity index (χ1n) is 12.5. The van der Waals surface area contributed by atoms with Crippen LogP contribution in [0.3, 0.4) is 0 Å². The molecule has 0 radical (unpaired) electrons. The molecule has 1 amide bonds. The van der Waals surface area contributed by atoms with Gasteiger partial charge in [0.15, 0.2) is 11.9 Å². The number of nitrogens with one attached hydrogen (secondary N) is 1. The summed E-state index contributed by atoms with van der Waals surface area (Å²) in [7, 11) is 0. The zero-order valence-electron chi connectivity index (χ0n) is 20.8. The predicted octanol–water partition coefficient (Wildman–Crippen LogP) is 6.10. The number of fused-ring (bicyclic) bond motifs is 2. The van der Waals surface area contributed by atoms with E-state index in [2.05, 4.69) is 25.2 Å². The lowest BCUT2D eigenvalue weighted by molar-refractivity contribution is -0.571. The number of anilines is 1. The van der Waals surface area contributed by atoms with Gasteiger partial charge in [0.05, 0.1) is 6.10 Å². The van der Waals surface area contributed by atoms with Crippen LogP contribution in [-0.2, 0) is 24.0 Å². The molecule has 1 aromatic rings. The van der Waals surface area contributed by atoms with Gasteiger partial charge in [-0.05, 0) is 81.1 Å². The third-order valence-electron chi connectivity index (χ3n) is 8.59. The van der Waals surface area contributed by atoms with Crippen molar-refractivity contribution in [3.05, 3.63) is 18.2 Å². The first kappa shape index (κ1) is 24.9. The van der Waals surface area contributed by atoms with Crippen LogP contribution < -0.4 is 5.32 Å². The average Bonchev–Trinajstić information content (AvgIpc) is 3.06. The van der Waals surface area contributed by atoms with E-state index < -0.39 is 17.7 Å². The smallest absolute Gasteiger partial charge is 0.224 e. The molecule has 8 heteroatoms. The second kappa shape index (κ2) is 9.60. The van der Waals surface area contributed by atoms with Crippen LogP contribution in [-0.4, -0.2) is 42.2 Å². The molecular weight excluding hydrogens is 470 g/mol. The van der Waals surface area contributed by atoms with Crippen molar-refractivity contribution < 1.29 is 24.0 Å². The molecule has 6 nitrogen and oxygen atoms in total. The first-order valence-corrected chi connectivity index (χ1v) is 15.0. The van der Waals surface area contributed by atoms with Crippen molar-refractivity contribution in [2.45, 2.75) is 92.9 Å². The fourth-order valence-electron chi connectivity index (χ4n) is 6.69. The van der Waals surface area contributed by atoms with Crippen LogP contribution in [0.4, 0.5) is 5.69 Å². The minimum absolute atomic E-state index is 0.0198. The molecule has 4 heterocycles. The zero-order chi connectivity index (χ0) is 24.1. The summed E-state index contributed by atoms with van der Waals surface area (Å²) in [6.45, 7) is 6.53. The Balaban J connectivity index is 1.29. The minimum atomic E-state index is -0.767. The van der Waals surface area contributed by atoms with Gasteiger partial charge in [0.2, 0.25) is 11.7 Å². The summed E-state index contributed by atoms with van der Waals surface area (Å²) in [5.41, 5.74) is 0.308. The molecule has 5 aliphatic rings. The van der Waals surface area contributed by atoms with E-state index in [4.69, 9.17) is 19.2 Å². The Morgan fingerprint density at radius 2 is 1.79 bits per heavy atom. The molecule has 1 spiro atoms.